The van der Waals surface area contributed by atoms with Crippen LogP contribution < -0.4 is 4.74 Å². The third-order valence-electron chi connectivity index (χ3n) is 4.47. The van der Waals surface area contributed by atoms with Gasteiger partial charge in [0.1, 0.15) is 11.4 Å². The molecule has 1 aliphatic heterocycles. The van der Waals surface area contributed by atoms with E-state index in [4.69, 9.17) is 4.74 Å². The van der Waals surface area contributed by atoms with E-state index in [2.05, 4.69) is 23.1 Å². The molecule has 1 fully saturated rings. The molecule has 3 rings (SSSR count). The molecule has 0 aliphatic carbocycles. The van der Waals surface area contributed by atoms with Crippen molar-refractivity contribution in [2.75, 3.05) is 33.8 Å². The average Bonchev–Trinajstić information content (AvgIpc) is 3.00. The lowest BCUT2D eigenvalue weighted by Crippen LogP contribution is -2.49. The van der Waals surface area contributed by atoms with E-state index in [0.717, 1.165) is 17.9 Å². The molecule has 23 heavy (non-hydrogen) atoms. The van der Waals surface area contributed by atoms with E-state index >= 15 is 0 Å². The lowest BCUT2D eigenvalue weighted by Gasteiger charge is -2.40. The number of rotatable bonds is 3. The van der Waals surface area contributed by atoms with Gasteiger partial charge in [-0.25, -0.2) is 0 Å². The number of likely N-dealkylation sites (N-methyl/N-ethyl adjacent to an activating group) is 1. The summed E-state index contributed by atoms with van der Waals surface area (Å²) in [6.45, 7) is 2.18. The monoisotopic (exact) mass is 314 g/mol. The Balaban J connectivity index is 1.85. The Hall–Kier alpha value is -2.34. The zero-order valence-corrected chi connectivity index (χ0v) is 13.8. The Kier molecular flexibility index (Phi) is 4.34. The maximum Gasteiger partial charge on any atom is 0.272 e. The fourth-order valence-corrected chi connectivity index (χ4v) is 3.08. The van der Waals surface area contributed by atoms with Crippen molar-refractivity contribution < 1.29 is 9.53 Å². The normalized spacial score (nSPS) is 18.9. The molecule has 0 saturated carbocycles. The molecule has 122 valence electrons. The highest BCUT2D eigenvalue weighted by atomic mass is 16.5. The van der Waals surface area contributed by atoms with Gasteiger partial charge in [0.25, 0.3) is 5.91 Å². The summed E-state index contributed by atoms with van der Waals surface area (Å²) in [4.78, 5) is 16.9. The van der Waals surface area contributed by atoms with Crippen LogP contribution in [0.3, 0.4) is 0 Å². The van der Waals surface area contributed by atoms with E-state index in [-0.39, 0.29) is 11.9 Å². The number of methoxy groups -OCH3 is 1. The average molecular weight is 314 g/mol. The Labute approximate surface area is 136 Å². The fraction of sp³-hybridized carbons (Fsp3) is 0.412. The molecule has 0 N–H and O–H groups in total. The topological polar surface area (TPSA) is 50.6 Å². The molecule has 1 aromatic heterocycles. The number of carbonyl (C=O) groups is 1. The van der Waals surface area contributed by atoms with Crippen LogP contribution >= 0.6 is 0 Å². The number of aryl methyl sites for hydroxylation is 1. The highest BCUT2D eigenvalue weighted by molar-refractivity contribution is 5.92. The van der Waals surface area contributed by atoms with Gasteiger partial charge in [0.05, 0.1) is 13.2 Å². The van der Waals surface area contributed by atoms with Gasteiger partial charge in [0, 0.05) is 38.4 Å². The van der Waals surface area contributed by atoms with Gasteiger partial charge in [-0.1, -0.05) is 18.2 Å². The van der Waals surface area contributed by atoms with Crippen molar-refractivity contribution in [1.29, 1.82) is 0 Å². The molecule has 0 radical (unpaired) electrons. The summed E-state index contributed by atoms with van der Waals surface area (Å²) < 4.78 is 7.11. The van der Waals surface area contributed by atoms with Crippen molar-refractivity contribution in [3.8, 4) is 5.75 Å². The first kappa shape index (κ1) is 15.6. The molecule has 0 spiro atoms. The van der Waals surface area contributed by atoms with E-state index < -0.39 is 0 Å². The molecule has 1 aliphatic rings. The number of para-hydroxylation sites is 1. The van der Waals surface area contributed by atoms with Crippen molar-refractivity contribution in [2.24, 2.45) is 7.05 Å². The number of piperazine rings is 1. The number of hydrogen-bond donors (Lipinski definition) is 0. The van der Waals surface area contributed by atoms with Crippen LogP contribution in [0.5, 0.6) is 5.75 Å². The number of hydrogen-bond acceptors (Lipinski definition) is 4. The van der Waals surface area contributed by atoms with Gasteiger partial charge in [-0.05, 0) is 19.2 Å². The molecule has 6 heteroatoms. The maximum absolute atomic E-state index is 12.7. The minimum atomic E-state index is 0.0259. The number of aromatic nitrogens is 2. The smallest absolute Gasteiger partial charge is 0.272 e. The molecule has 6 nitrogen and oxygen atoms in total. The van der Waals surface area contributed by atoms with Crippen molar-refractivity contribution in [3.05, 3.63) is 47.8 Å². The second-order valence-corrected chi connectivity index (χ2v) is 5.83. The number of carbonyl (C=O) groups excluding carboxylic acids is 1. The van der Waals surface area contributed by atoms with Gasteiger partial charge in [-0.2, -0.15) is 5.10 Å². The Morgan fingerprint density at radius 1 is 1.22 bits per heavy atom. The molecular weight excluding hydrogens is 292 g/mol. The summed E-state index contributed by atoms with van der Waals surface area (Å²) in [5.41, 5.74) is 1.73. The zero-order chi connectivity index (χ0) is 16.4. The lowest BCUT2D eigenvalue weighted by atomic mass is 10.0. The molecule has 2 heterocycles. The predicted molar refractivity (Wildman–Crippen MR) is 87.5 cm³/mol. The van der Waals surface area contributed by atoms with Crippen molar-refractivity contribution in [2.45, 2.75) is 6.04 Å². The van der Waals surface area contributed by atoms with Gasteiger partial charge in [-0.15, -0.1) is 0 Å². The van der Waals surface area contributed by atoms with Crippen LogP contribution in [-0.4, -0.2) is 59.3 Å². The number of ether oxygens (including phenoxy) is 1. The molecule has 0 unspecified atom stereocenters. The summed E-state index contributed by atoms with van der Waals surface area (Å²) in [5, 5.41) is 4.09. The summed E-state index contributed by atoms with van der Waals surface area (Å²) in [6, 6.07) is 9.89. The summed E-state index contributed by atoms with van der Waals surface area (Å²) >= 11 is 0. The molecule has 0 bridgehead atoms. The van der Waals surface area contributed by atoms with Crippen LogP contribution in [0.2, 0.25) is 0 Å². The third-order valence-corrected chi connectivity index (χ3v) is 4.47. The van der Waals surface area contributed by atoms with Gasteiger partial charge in [-0.3, -0.25) is 14.4 Å². The number of benzene rings is 1. The van der Waals surface area contributed by atoms with Crippen LogP contribution in [0.1, 0.15) is 22.1 Å². The maximum atomic E-state index is 12.7. The van der Waals surface area contributed by atoms with E-state index in [1.54, 1.807) is 31.1 Å². The quantitative estimate of drug-likeness (QED) is 0.863. The highest BCUT2D eigenvalue weighted by Gasteiger charge is 2.31. The SMILES string of the molecule is COc1ccccc1[C@H]1CN(C(=O)c2ccnn2C)CCN1C. The second-order valence-electron chi connectivity index (χ2n) is 5.83. The number of nitrogens with zero attached hydrogens (tertiary/aromatic N) is 4. The van der Waals surface area contributed by atoms with Crippen LogP contribution in [-0.2, 0) is 7.05 Å². The van der Waals surface area contributed by atoms with Crippen LogP contribution in [0.15, 0.2) is 36.5 Å². The van der Waals surface area contributed by atoms with Crippen LogP contribution in [0, 0.1) is 0 Å². The Morgan fingerprint density at radius 3 is 2.70 bits per heavy atom. The minimum Gasteiger partial charge on any atom is -0.496 e. The second kappa shape index (κ2) is 6.42. The Bertz CT molecular complexity index is 697. The van der Waals surface area contributed by atoms with Gasteiger partial charge >= 0.3 is 0 Å². The van der Waals surface area contributed by atoms with Gasteiger partial charge < -0.3 is 9.64 Å². The fourth-order valence-electron chi connectivity index (χ4n) is 3.08. The number of amides is 1. The summed E-state index contributed by atoms with van der Waals surface area (Å²) in [5.74, 6) is 0.886. The van der Waals surface area contributed by atoms with Crippen molar-refractivity contribution in [3.63, 3.8) is 0 Å². The molecule has 1 aromatic carbocycles. The summed E-state index contributed by atoms with van der Waals surface area (Å²) in [6.07, 6.45) is 1.65. The first-order chi connectivity index (χ1) is 11.1. The minimum absolute atomic E-state index is 0.0259. The van der Waals surface area contributed by atoms with Crippen molar-refractivity contribution >= 4 is 5.91 Å². The molecule has 1 amide bonds. The zero-order valence-electron chi connectivity index (χ0n) is 13.8. The third kappa shape index (κ3) is 2.94. The lowest BCUT2D eigenvalue weighted by molar-refractivity contribution is 0.0532. The Morgan fingerprint density at radius 2 is 2.00 bits per heavy atom. The van der Waals surface area contributed by atoms with E-state index in [1.807, 2.05) is 23.1 Å². The molecule has 1 saturated heterocycles. The molecule has 1 atom stereocenters. The highest BCUT2D eigenvalue weighted by Crippen LogP contribution is 2.31. The van der Waals surface area contributed by atoms with Crippen molar-refractivity contribution in [1.82, 2.24) is 19.6 Å². The van der Waals surface area contributed by atoms with Crippen LogP contribution in [0.25, 0.3) is 0 Å². The predicted octanol–water partition coefficient (Wildman–Crippen LogP) is 1.56. The first-order valence-corrected chi connectivity index (χ1v) is 7.72. The molecule has 2 aromatic rings. The van der Waals surface area contributed by atoms with Gasteiger partial charge in [0.2, 0.25) is 0 Å². The largest absolute Gasteiger partial charge is 0.496 e. The standard InChI is InChI=1S/C17H22N4O2/c1-19-10-11-21(17(22)14-8-9-18-20(14)2)12-15(19)13-6-4-5-7-16(13)23-3/h4-9,15H,10-12H2,1-3H3/t15-/m1/s1. The van der Waals surface area contributed by atoms with Gasteiger partial charge in [0.15, 0.2) is 0 Å². The molecular formula is C17H22N4O2. The first-order valence-electron chi connectivity index (χ1n) is 7.72. The van der Waals surface area contributed by atoms with Crippen LogP contribution in [0.4, 0.5) is 0 Å². The van der Waals surface area contributed by atoms with E-state index in [1.165, 1.54) is 0 Å². The van der Waals surface area contributed by atoms with E-state index in [0.29, 0.717) is 18.8 Å². The summed E-state index contributed by atoms with van der Waals surface area (Å²) in [7, 11) is 5.56. The van der Waals surface area contributed by atoms with E-state index in [9.17, 15) is 4.79 Å².